The lowest BCUT2D eigenvalue weighted by Gasteiger charge is -2.06. The summed E-state index contributed by atoms with van der Waals surface area (Å²) >= 11 is 1.53. The van der Waals surface area contributed by atoms with Crippen molar-refractivity contribution < 1.29 is 19.4 Å². The summed E-state index contributed by atoms with van der Waals surface area (Å²) in [5.41, 5.74) is 2.92. The van der Waals surface area contributed by atoms with Gasteiger partial charge in [-0.1, -0.05) is 0 Å². The maximum Gasteiger partial charge on any atom is 0.259 e. The monoisotopic (exact) mass is 444 g/mol. The van der Waals surface area contributed by atoms with Crippen LogP contribution in [0.3, 0.4) is 0 Å². The van der Waals surface area contributed by atoms with Crippen LogP contribution in [0.5, 0.6) is 11.5 Å². The molecule has 160 valence electrons. The summed E-state index contributed by atoms with van der Waals surface area (Å²) in [6, 6.07) is 10.9. The number of carbonyl (C=O) groups is 2. The quantitative estimate of drug-likeness (QED) is 0.446. The van der Waals surface area contributed by atoms with Gasteiger partial charge in [-0.05, 0) is 55.2 Å². The second-order valence-electron chi connectivity index (χ2n) is 8.45. The molecule has 6 nitrogen and oxygen atoms in total. The first-order valence-electron chi connectivity index (χ1n) is 10.5. The van der Waals surface area contributed by atoms with Gasteiger partial charge in [0.25, 0.3) is 11.8 Å². The molecule has 7 heteroatoms. The van der Waals surface area contributed by atoms with Crippen LogP contribution in [0.15, 0.2) is 48.0 Å². The third-order valence-corrected chi connectivity index (χ3v) is 7.12. The summed E-state index contributed by atoms with van der Waals surface area (Å²) in [6.07, 6.45) is 4.30. The molecule has 2 amide bonds. The average Bonchev–Trinajstić information content (AvgIpc) is 3.34. The predicted molar refractivity (Wildman–Crippen MR) is 125 cm³/mol. The lowest BCUT2D eigenvalue weighted by Crippen LogP contribution is -2.22. The highest BCUT2D eigenvalue weighted by atomic mass is 32.1. The highest BCUT2D eigenvalue weighted by molar-refractivity contribution is 7.17. The number of imide groups is 1. The van der Waals surface area contributed by atoms with Crippen molar-refractivity contribution in [3.05, 3.63) is 59.1 Å². The molecule has 0 unspecified atom stereocenters. The SMILES string of the molecule is Cn1cc(C2=C(c3csc4cc(OCC5CC5)ccc34)C(=O)NC2=O)c2cc(O)ccc21. The Kier molecular flexibility index (Phi) is 4.16. The van der Waals surface area contributed by atoms with Gasteiger partial charge in [0.2, 0.25) is 0 Å². The van der Waals surface area contributed by atoms with Gasteiger partial charge in [-0.2, -0.15) is 0 Å². The molecule has 2 aliphatic rings. The van der Waals surface area contributed by atoms with Crippen molar-refractivity contribution in [1.82, 2.24) is 9.88 Å². The maximum absolute atomic E-state index is 12.9. The van der Waals surface area contributed by atoms with E-state index in [1.54, 1.807) is 18.2 Å². The van der Waals surface area contributed by atoms with E-state index >= 15 is 0 Å². The van der Waals surface area contributed by atoms with Crippen molar-refractivity contribution in [2.24, 2.45) is 13.0 Å². The van der Waals surface area contributed by atoms with Crippen LogP contribution in [-0.4, -0.2) is 28.1 Å². The summed E-state index contributed by atoms with van der Waals surface area (Å²) in [5.74, 6) is 0.770. The molecule has 0 spiro atoms. The Morgan fingerprint density at radius 1 is 1.06 bits per heavy atom. The van der Waals surface area contributed by atoms with Crippen molar-refractivity contribution >= 4 is 55.3 Å². The predicted octanol–water partition coefficient (Wildman–Crippen LogP) is 4.45. The molecule has 1 aliphatic carbocycles. The number of nitrogens with zero attached hydrogens (tertiary/aromatic N) is 1. The van der Waals surface area contributed by atoms with Crippen molar-refractivity contribution in [1.29, 1.82) is 0 Å². The van der Waals surface area contributed by atoms with E-state index in [0.29, 0.717) is 22.6 Å². The Morgan fingerprint density at radius 3 is 2.62 bits per heavy atom. The number of amides is 2. The van der Waals surface area contributed by atoms with Gasteiger partial charge >= 0.3 is 0 Å². The number of aryl methyl sites for hydroxylation is 1. The fourth-order valence-electron chi connectivity index (χ4n) is 4.34. The number of thiophene rings is 1. The number of carbonyl (C=O) groups excluding carboxylic acids is 2. The molecular weight excluding hydrogens is 424 g/mol. The Bertz CT molecular complexity index is 1470. The van der Waals surface area contributed by atoms with E-state index in [4.69, 9.17) is 4.74 Å². The molecule has 0 atom stereocenters. The minimum atomic E-state index is -0.426. The van der Waals surface area contributed by atoms with E-state index < -0.39 is 11.8 Å². The molecule has 2 aromatic carbocycles. The molecule has 0 bridgehead atoms. The summed E-state index contributed by atoms with van der Waals surface area (Å²) in [7, 11) is 1.88. The molecule has 1 aliphatic heterocycles. The van der Waals surface area contributed by atoms with E-state index in [1.165, 1.54) is 24.2 Å². The highest BCUT2D eigenvalue weighted by Crippen LogP contribution is 2.41. The van der Waals surface area contributed by atoms with Gasteiger partial charge in [-0.3, -0.25) is 14.9 Å². The van der Waals surface area contributed by atoms with Gasteiger partial charge in [0.1, 0.15) is 11.5 Å². The number of hydrogen-bond donors (Lipinski definition) is 2. The van der Waals surface area contributed by atoms with E-state index in [2.05, 4.69) is 5.32 Å². The lowest BCUT2D eigenvalue weighted by molar-refractivity contribution is -0.122. The van der Waals surface area contributed by atoms with Crippen LogP contribution in [-0.2, 0) is 16.6 Å². The van der Waals surface area contributed by atoms with Crippen LogP contribution in [0.4, 0.5) is 0 Å². The molecule has 2 aromatic heterocycles. The number of rotatable bonds is 5. The molecule has 1 fully saturated rings. The zero-order valence-corrected chi connectivity index (χ0v) is 18.2. The van der Waals surface area contributed by atoms with E-state index in [-0.39, 0.29) is 5.75 Å². The Labute approximate surface area is 187 Å². The lowest BCUT2D eigenvalue weighted by atomic mass is 9.95. The highest BCUT2D eigenvalue weighted by Gasteiger charge is 2.35. The second kappa shape index (κ2) is 6.97. The van der Waals surface area contributed by atoms with Crippen LogP contribution in [0.2, 0.25) is 0 Å². The van der Waals surface area contributed by atoms with Crippen LogP contribution in [0, 0.1) is 5.92 Å². The van der Waals surface area contributed by atoms with Crippen LogP contribution >= 0.6 is 11.3 Å². The van der Waals surface area contributed by atoms with Crippen molar-refractivity contribution in [2.45, 2.75) is 12.8 Å². The molecule has 32 heavy (non-hydrogen) atoms. The van der Waals surface area contributed by atoms with Gasteiger partial charge in [-0.15, -0.1) is 11.3 Å². The number of ether oxygens (including phenoxy) is 1. The van der Waals surface area contributed by atoms with Crippen molar-refractivity contribution in [2.75, 3.05) is 6.61 Å². The number of hydrogen-bond acceptors (Lipinski definition) is 5. The zero-order chi connectivity index (χ0) is 22.0. The number of benzene rings is 2. The number of aromatic nitrogens is 1. The number of fused-ring (bicyclic) bond motifs is 2. The molecule has 0 saturated heterocycles. The third-order valence-electron chi connectivity index (χ3n) is 6.17. The van der Waals surface area contributed by atoms with Gasteiger partial charge < -0.3 is 14.4 Å². The first kappa shape index (κ1) is 19.1. The van der Waals surface area contributed by atoms with Gasteiger partial charge in [0.05, 0.1) is 17.8 Å². The molecule has 0 radical (unpaired) electrons. The minimum absolute atomic E-state index is 0.108. The zero-order valence-electron chi connectivity index (χ0n) is 17.3. The van der Waals surface area contributed by atoms with Crippen LogP contribution in [0.1, 0.15) is 24.0 Å². The standard InChI is InChI=1S/C25H20N2O4S/c1-27-10-18(17-8-14(28)4-7-20(17)27)22-23(25(30)26-24(22)29)19-12-32-21-9-15(5-6-16(19)21)31-11-13-2-3-13/h4-10,12-13,28H,2-3,11H2,1H3,(H,26,29,30). The third kappa shape index (κ3) is 3.00. The maximum atomic E-state index is 12.9. The normalized spacial score (nSPS) is 16.4. The Hall–Kier alpha value is -3.58. The average molecular weight is 445 g/mol. The Balaban J connectivity index is 1.51. The number of phenols is 1. The molecule has 2 N–H and O–H groups in total. The number of phenolic OH excluding ortho intramolecular Hbond substituents is 1. The summed E-state index contributed by atoms with van der Waals surface area (Å²) in [5, 5.41) is 16.0. The Morgan fingerprint density at radius 2 is 1.84 bits per heavy atom. The smallest absolute Gasteiger partial charge is 0.259 e. The molecule has 3 heterocycles. The van der Waals surface area contributed by atoms with E-state index in [1.807, 2.05) is 41.4 Å². The summed E-state index contributed by atoms with van der Waals surface area (Å²) in [4.78, 5) is 25.8. The van der Waals surface area contributed by atoms with Gasteiger partial charge in [-0.25, -0.2) is 0 Å². The van der Waals surface area contributed by atoms with Gasteiger partial charge in [0, 0.05) is 50.7 Å². The topological polar surface area (TPSA) is 80.6 Å². The molecule has 4 aromatic rings. The number of aromatic hydroxyl groups is 1. The van der Waals surface area contributed by atoms with Crippen molar-refractivity contribution in [3.8, 4) is 11.5 Å². The first-order chi connectivity index (χ1) is 15.5. The minimum Gasteiger partial charge on any atom is -0.508 e. The summed E-state index contributed by atoms with van der Waals surface area (Å²) < 4.78 is 8.79. The van der Waals surface area contributed by atoms with Crippen LogP contribution in [0.25, 0.3) is 32.1 Å². The van der Waals surface area contributed by atoms with Crippen LogP contribution < -0.4 is 10.1 Å². The molecule has 6 rings (SSSR count). The first-order valence-corrected chi connectivity index (χ1v) is 11.4. The molecular formula is C25H20N2O4S. The van der Waals surface area contributed by atoms with Crippen molar-refractivity contribution in [3.63, 3.8) is 0 Å². The van der Waals surface area contributed by atoms with E-state index in [9.17, 15) is 14.7 Å². The fraction of sp³-hybridized carbons (Fsp3) is 0.200. The van der Waals surface area contributed by atoms with Gasteiger partial charge in [0.15, 0.2) is 0 Å². The summed E-state index contributed by atoms with van der Waals surface area (Å²) in [6.45, 7) is 0.740. The molecule has 1 saturated carbocycles. The van der Waals surface area contributed by atoms with E-state index in [0.717, 1.165) is 38.9 Å². The number of nitrogens with one attached hydrogen (secondary N) is 1. The largest absolute Gasteiger partial charge is 0.508 e. The second-order valence-corrected chi connectivity index (χ2v) is 9.36. The fourth-order valence-corrected chi connectivity index (χ4v) is 5.32.